The molecule has 0 saturated carbocycles. The van der Waals surface area contributed by atoms with E-state index in [9.17, 15) is 5.11 Å². The van der Waals surface area contributed by atoms with Crippen LogP contribution in [0.25, 0.3) is 5.76 Å². The zero-order valence-electron chi connectivity index (χ0n) is 6.36. The molecule has 0 radical (unpaired) electrons. The van der Waals surface area contributed by atoms with Gasteiger partial charge in [-0.2, -0.15) is 5.10 Å². The lowest BCUT2D eigenvalue weighted by Gasteiger charge is -2.04. The summed E-state index contributed by atoms with van der Waals surface area (Å²) in [4.78, 5) is 0. The summed E-state index contributed by atoms with van der Waals surface area (Å²) in [5.41, 5.74) is 4.41. The van der Waals surface area contributed by atoms with E-state index < -0.39 is 0 Å². The minimum absolute atomic E-state index is 0.236. The standard InChI is InChI=1S/C9H8N2O/c12-9-5-6-10-11-8-4-2-1-3-7(8)9/h1-6,11-12H. The van der Waals surface area contributed by atoms with Crippen LogP contribution >= 0.6 is 0 Å². The van der Waals surface area contributed by atoms with Crippen LogP contribution in [0.15, 0.2) is 35.4 Å². The first-order valence-electron chi connectivity index (χ1n) is 3.65. The molecule has 0 atom stereocenters. The third-order valence-electron chi connectivity index (χ3n) is 1.69. The lowest BCUT2D eigenvalue weighted by atomic mass is 10.1. The Bertz CT molecular complexity index is 355. The van der Waals surface area contributed by atoms with Crippen LogP contribution in [0.2, 0.25) is 0 Å². The maximum Gasteiger partial charge on any atom is 0.126 e. The molecule has 0 aromatic heterocycles. The smallest absolute Gasteiger partial charge is 0.126 e. The molecule has 0 unspecified atom stereocenters. The number of nitrogens with one attached hydrogen (secondary N) is 1. The molecule has 1 aromatic rings. The van der Waals surface area contributed by atoms with Crippen molar-refractivity contribution in [3.05, 3.63) is 35.9 Å². The predicted molar refractivity (Wildman–Crippen MR) is 49.2 cm³/mol. The first-order chi connectivity index (χ1) is 5.88. The van der Waals surface area contributed by atoms with Gasteiger partial charge in [-0.3, -0.25) is 5.43 Å². The SMILES string of the molecule is OC1=CC=NNc2ccccc21. The van der Waals surface area contributed by atoms with Crippen molar-refractivity contribution in [1.29, 1.82) is 0 Å². The molecule has 12 heavy (non-hydrogen) atoms. The van der Waals surface area contributed by atoms with Crippen LogP contribution in [0.5, 0.6) is 0 Å². The van der Waals surface area contributed by atoms with Crippen LogP contribution in [-0.4, -0.2) is 11.3 Å². The summed E-state index contributed by atoms with van der Waals surface area (Å²) in [6.07, 6.45) is 3.08. The fourth-order valence-corrected chi connectivity index (χ4v) is 1.11. The molecule has 1 aliphatic rings. The van der Waals surface area contributed by atoms with Gasteiger partial charge in [0.25, 0.3) is 0 Å². The van der Waals surface area contributed by atoms with Crippen LogP contribution < -0.4 is 5.43 Å². The summed E-state index contributed by atoms with van der Waals surface area (Å²) in [6, 6.07) is 7.46. The minimum Gasteiger partial charge on any atom is -0.507 e. The van der Waals surface area contributed by atoms with Gasteiger partial charge >= 0.3 is 0 Å². The number of nitrogens with zero attached hydrogens (tertiary/aromatic N) is 1. The Labute approximate surface area is 70.0 Å². The average molecular weight is 160 g/mol. The van der Waals surface area contributed by atoms with Gasteiger partial charge in [-0.15, -0.1) is 0 Å². The molecular weight excluding hydrogens is 152 g/mol. The zero-order valence-corrected chi connectivity index (χ0v) is 6.36. The molecule has 3 nitrogen and oxygen atoms in total. The highest BCUT2D eigenvalue weighted by Gasteiger charge is 2.05. The number of allylic oxidation sites excluding steroid dienone is 1. The number of hydrogen-bond acceptors (Lipinski definition) is 3. The van der Waals surface area contributed by atoms with E-state index >= 15 is 0 Å². The monoisotopic (exact) mass is 160 g/mol. The quantitative estimate of drug-likeness (QED) is 0.609. The van der Waals surface area contributed by atoms with E-state index in [4.69, 9.17) is 0 Å². The Balaban J connectivity index is 2.58. The maximum atomic E-state index is 9.47. The Morgan fingerprint density at radius 3 is 3.00 bits per heavy atom. The number of anilines is 1. The van der Waals surface area contributed by atoms with Crippen LogP contribution in [0, 0.1) is 0 Å². The number of para-hydroxylation sites is 1. The number of aliphatic hydroxyl groups is 1. The number of hydrazone groups is 1. The minimum atomic E-state index is 0.236. The summed E-state index contributed by atoms with van der Waals surface area (Å²) >= 11 is 0. The second-order valence-electron chi connectivity index (χ2n) is 2.49. The molecule has 0 spiro atoms. The third-order valence-corrected chi connectivity index (χ3v) is 1.69. The van der Waals surface area contributed by atoms with Gasteiger partial charge in [0.2, 0.25) is 0 Å². The molecule has 1 aliphatic heterocycles. The number of aliphatic hydroxyl groups excluding tert-OH is 1. The molecule has 2 N–H and O–H groups in total. The van der Waals surface area contributed by atoms with Crippen molar-refractivity contribution in [3.8, 4) is 0 Å². The third kappa shape index (κ3) is 1.05. The molecular formula is C9H8N2O. The summed E-state index contributed by atoms with van der Waals surface area (Å²) in [6.45, 7) is 0. The van der Waals surface area contributed by atoms with Crippen LogP contribution in [-0.2, 0) is 0 Å². The molecule has 1 aromatic carbocycles. The highest BCUT2D eigenvalue weighted by atomic mass is 16.3. The topological polar surface area (TPSA) is 44.6 Å². The fourth-order valence-electron chi connectivity index (χ4n) is 1.11. The van der Waals surface area contributed by atoms with E-state index in [0.717, 1.165) is 11.3 Å². The van der Waals surface area contributed by atoms with E-state index in [2.05, 4.69) is 10.5 Å². The van der Waals surface area contributed by atoms with Crippen molar-refractivity contribution in [3.63, 3.8) is 0 Å². The second kappa shape index (κ2) is 2.70. The summed E-state index contributed by atoms with van der Waals surface area (Å²) in [5.74, 6) is 0.236. The number of hydrogen-bond donors (Lipinski definition) is 2. The lowest BCUT2D eigenvalue weighted by Crippen LogP contribution is -1.90. The highest BCUT2D eigenvalue weighted by molar-refractivity contribution is 5.87. The van der Waals surface area contributed by atoms with E-state index in [0.29, 0.717) is 0 Å². The van der Waals surface area contributed by atoms with Gasteiger partial charge in [0.1, 0.15) is 5.76 Å². The Hall–Kier alpha value is -1.77. The zero-order chi connectivity index (χ0) is 8.39. The van der Waals surface area contributed by atoms with Gasteiger partial charge in [-0.25, -0.2) is 0 Å². The maximum absolute atomic E-state index is 9.47. The molecule has 60 valence electrons. The van der Waals surface area contributed by atoms with Crippen molar-refractivity contribution in [2.75, 3.05) is 5.43 Å². The van der Waals surface area contributed by atoms with Gasteiger partial charge in [-0.1, -0.05) is 12.1 Å². The van der Waals surface area contributed by atoms with Crippen molar-refractivity contribution >= 4 is 17.7 Å². The van der Waals surface area contributed by atoms with Gasteiger partial charge < -0.3 is 5.11 Å². The fraction of sp³-hybridized carbons (Fsp3) is 0. The molecule has 2 rings (SSSR count). The van der Waals surface area contributed by atoms with Crippen LogP contribution in [0.3, 0.4) is 0 Å². The van der Waals surface area contributed by atoms with Crippen molar-refractivity contribution in [2.45, 2.75) is 0 Å². The Morgan fingerprint density at radius 1 is 1.25 bits per heavy atom. The highest BCUT2D eigenvalue weighted by Crippen LogP contribution is 2.22. The first kappa shape index (κ1) is 6.91. The Morgan fingerprint density at radius 2 is 2.08 bits per heavy atom. The lowest BCUT2D eigenvalue weighted by molar-refractivity contribution is 0.513. The molecule has 0 fully saturated rings. The second-order valence-corrected chi connectivity index (χ2v) is 2.49. The molecule has 3 heteroatoms. The molecule has 0 amide bonds. The average Bonchev–Trinajstić information content (AvgIpc) is 2.29. The number of benzene rings is 1. The van der Waals surface area contributed by atoms with Crippen molar-refractivity contribution in [2.24, 2.45) is 5.10 Å². The van der Waals surface area contributed by atoms with Gasteiger partial charge in [0.15, 0.2) is 0 Å². The molecule has 0 bridgehead atoms. The van der Waals surface area contributed by atoms with Crippen molar-refractivity contribution < 1.29 is 5.11 Å². The van der Waals surface area contributed by atoms with E-state index in [-0.39, 0.29) is 5.76 Å². The summed E-state index contributed by atoms with van der Waals surface area (Å²) in [7, 11) is 0. The largest absolute Gasteiger partial charge is 0.507 e. The van der Waals surface area contributed by atoms with Crippen molar-refractivity contribution in [1.82, 2.24) is 0 Å². The summed E-state index contributed by atoms with van der Waals surface area (Å²) in [5, 5.41) is 13.3. The number of fused-ring (bicyclic) bond motifs is 1. The molecule has 0 saturated heterocycles. The van der Waals surface area contributed by atoms with Gasteiger partial charge in [-0.05, 0) is 12.1 Å². The number of rotatable bonds is 0. The summed E-state index contributed by atoms with van der Waals surface area (Å²) < 4.78 is 0. The van der Waals surface area contributed by atoms with Crippen LogP contribution in [0.1, 0.15) is 5.56 Å². The normalized spacial score (nSPS) is 14.2. The van der Waals surface area contributed by atoms with E-state index in [1.54, 1.807) is 6.08 Å². The molecule has 1 heterocycles. The first-order valence-corrected chi connectivity index (χ1v) is 3.65. The van der Waals surface area contributed by atoms with Gasteiger partial charge in [0.05, 0.1) is 11.9 Å². The van der Waals surface area contributed by atoms with E-state index in [1.807, 2.05) is 24.3 Å². The molecule has 0 aliphatic carbocycles. The Kier molecular flexibility index (Phi) is 1.55. The van der Waals surface area contributed by atoms with Crippen LogP contribution in [0.4, 0.5) is 5.69 Å². The predicted octanol–water partition coefficient (Wildman–Crippen LogP) is 2.00. The van der Waals surface area contributed by atoms with Gasteiger partial charge in [0, 0.05) is 11.6 Å². The van der Waals surface area contributed by atoms with E-state index in [1.165, 1.54) is 6.21 Å².